The Morgan fingerprint density at radius 3 is 2.39 bits per heavy atom. The molecule has 9 heteroatoms. The number of fused-ring (bicyclic) bond motifs is 1. The van der Waals surface area contributed by atoms with Crippen molar-refractivity contribution in [1.29, 1.82) is 0 Å². The first-order valence-corrected chi connectivity index (χ1v) is 11.0. The van der Waals surface area contributed by atoms with Crippen LogP contribution in [0.2, 0.25) is 0 Å². The van der Waals surface area contributed by atoms with Crippen LogP contribution < -0.4 is 21.7 Å². The molecule has 0 aliphatic carbocycles. The number of hydrogen-bond donors (Lipinski definition) is 4. The molecule has 0 aliphatic rings. The van der Waals surface area contributed by atoms with Crippen LogP contribution in [0.25, 0.3) is 10.9 Å². The molecule has 5 N–H and O–H groups in total. The molecule has 2 aromatic heterocycles. The van der Waals surface area contributed by atoms with Gasteiger partial charge >= 0.3 is 0 Å². The Bertz CT molecular complexity index is 1500. The number of aromatic nitrogens is 3. The minimum Gasteiger partial charge on any atom is -0.368 e. The van der Waals surface area contributed by atoms with Gasteiger partial charge < -0.3 is 21.7 Å². The largest absolute Gasteiger partial charge is 0.368 e. The molecule has 3 aromatic carbocycles. The molecular weight excluding hydrogens is 474 g/mol. The van der Waals surface area contributed by atoms with Gasteiger partial charge in [0.2, 0.25) is 5.95 Å². The first-order chi connectivity index (χ1) is 17.0. The van der Waals surface area contributed by atoms with Crippen molar-refractivity contribution in [1.82, 2.24) is 15.0 Å². The number of nitrogens with zero attached hydrogens (tertiary/aromatic N) is 3. The number of nitrogens with two attached hydrogens (primary N) is 1. The van der Waals surface area contributed by atoms with E-state index in [0.29, 0.717) is 17.1 Å². The van der Waals surface area contributed by atoms with Crippen molar-refractivity contribution >= 4 is 63.7 Å². The summed E-state index contributed by atoms with van der Waals surface area (Å²) in [5.74, 6) is 0.543. The highest BCUT2D eigenvalue weighted by Gasteiger charge is 2.09. The van der Waals surface area contributed by atoms with Crippen LogP contribution in [0.5, 0.6) is 0 Å². The van der Waals surface area contributed by atoms with E-state index in [4.69, 9.17) is 5.73 Å². The van der Waals surface area contributed by atoms with E-state index in [1.54, 1.807) is 30.5 Å². The lowest BCUT2D eigenvalue weighted by Crippen LogP contribution is -2.12. The molecule has 0 radical (unpaired) electrons. The topological polar surface area (TPSA) is 118 Å². The Labute approximate surface area is 214 Å². The first kappa shape index (κ1) is 24.4. The Kier molecular flexibility index (Phi) is 7.27. The smallest absolute Gasteiger partial charge is 0.255 e. The molecule has 0 bridgehead atoms. The molecule has 5 rings (SSSR count). The van der Waals surface area contributed by atoms with E-state index >= 15 is 0 Å². The number of benzene rings is 3. The second-order valence-electron chi connectivity index (χ2n) is 7.99. The zero-order chi connectivity index (χ0) is 24.2. The van der Waals surface area contributed by atoms with Crippen LogP contribution in [0.15, 0.2) is 91.1 Å². The van der Waals surface area contributed by atoms with Crippen LogP contribution in [0.1, 0.15) is 16.1 Å². The molecule has 180 valence electrons. The fourth-order valence-corrected chi connectivity index (χ4v) is 3.74. The summed E-state index contributed by atoms with van der Waals surface area (Å²) >= 11 is 0. The molecule has 8 nitrogen and oxygen atoms in total. The minimum absolute atomic E-state index is 0. The fraction of sp³-hybridized carbons (Fsp3) is 0.0370. The maximum atomic E-state index is 12.8. The summed E-state index contributed by atoms with van der Waals surface area (Å²) < 4.78 is 0. The van der Waals surface area contributed by atoms with Crippen LogP contribution in [-0.2, 0) is 0 Å². The first-order valence-electron chi connectivity index (χ1n) is 11.0. The van der Waals surface area contributed by atoms with E-state index in [-0.39, 0.29) is 24.3 Å². The normalized spacial score (nSPS) is 10.4. The number of para-hydroxylation sites is 1. The second kappa shape index (κ2) is 10.7. The number of anilines is 6. The van der Waals surface area contributed by atoms with E-state index in [1.807, 2.05) is 67.6 Å². The highest BCUT2D eigenvalue weighted by atomic mass is 35.5. The quantitative estimate of drug-likeness (QED) is 0.224. The predicted octanol–water partition coefficient (Wildman–Crippen LogP) is 6.08. The molecule has 2 heterocycles. The molecule has 0 saturated carbocycles. The third kappa shape index (κ3) is 5.68. The number of carbonyl (C=O) groups excluding carboxylic acids is 1. The summed E-state index contributed by atoms with van der Waals surface area (Å²) in [5, 5.41) is 10.6. The molecular formula is C27H24ClN7O. The van der Waals surface area contributed by atoms with Crippen molar-refractivity contribution in [3.63, 3.8) is 0 Å². The van der Waals surface area contributed by atoms with Crippen molar-refractivity contribution in [3.05, 3.63) is 102 Å². The van der Waals surface area contributed by atoms with Gasteiger partial charge in [-0.15, -0.1) is 12.4 Å². The summed E-state index contributed by atoms with van der Waals surface area (Å²) in [4.78, 5) is 25.5. The molecule has 1 amide bonds. The summed E-state index contributed by atoms with van der Waals surface area (Å²) in [6.45, 7) is 1.84. The average molecular weight is 498 g/mol. The van der Waals surface area contributed by atoms with Gasteiger partial charge in [0.05, 0.1) is 5.52 Å². The van der Waals surface area contributed by atoms with E-state index < -0.39 is 0 Å². The van der Waals surface area contributed by atoms with E-state index in [2.05, 4.69) is 30.9 Å². The van der Waals surface area contributed by atoms with E-state index in [0.717, 1.165) is 33.7 Å². The highest BCUT2D eigenvalue weighted by molar-refractivity contribution is 6.05. The SMILES string of the molecule is Cc1cc(Nc2cccc(C(=O)Nc3ccc(Nc4ccnc5ccccc45)cc3)c2)nc(N)n1.Cl. The van der Waals surface area contributed by atoms with Gasteiger partial charge in [0.1, 0.15) is 5.82 Å². The molecule has 0 atom stereocenters. The van der Waals surface area contributed by atoms with Crippen molar-refractivity contribution in [2.75, 3.05) is 21.7 Å². The number of carbonyl (C=O) groups is 1. The van der Waals surface area contributed by atoms with Gasteiger partial charge in [-0.1, -0.05) is 24.3 Å². The van der Waals surface area contributed by atoms with Crippen molar-refractivity contribution < 1.29 is 4.79 Å². The third-order valence-corrected chi connectivity index (χ3v) is 5.34. The van der Waals surface area contributed by atoms with Crippen molar-refractivity contribution in [2.24, 2.45) is 0 Å². The standard InChI is InChI=1S/C27H23N7O.ClH/c1-17-15-25(34-27(28)30-17)32-21-6-4-5-18(16-21)26(35)33-20-11-9-19(10-12-20)31-24-13-14-29-23-8-3-2-7-22(23)24;/h2-16H,1H3,(H,29,31)(H,33,35)(H3,28,30,32,34);1H. The van der Waals surface area contributed by atoms with Crippen molar-refractivity contribution in [2.45, 2.75) is 6.92 Å². The van der Waals surface area contributed by atoms with Gasteiger partial charge in [-0.05, 0) is 61.5 Å². The number of halogens is 1. The summed E-state index contributed by atoms with van der Waals surface area (Å²) in [6.07, 6.45) is 1.78. The third-order valence-electron chi connectivity index (χ3n) is 5.34. The molecule has 0 saturated heterocycles. The lowest BCUT2D eigenvalue weighted by Gasteiger charge is -2.11. The van der Waals surface area contributed by atoms with Gasteiger partial charge in [-0.25, -0.2) is 4.98 Å². The molecule has 0 spiro atoms. The number of nitrogens with one attached hydrogen (secondary N) is 3. The average Bonchev–Trinajstić information content (AvgIpc) is 2.85. The number of amides is 1. The van der Waals surface area contributed by atoms with Crippen LogP contribution in [-0.4, -0.2) is 20.9 Å². The molecule has 5 aromatic rings. The molecule has 0 fully saturated rings. The molecule has 36 heavy (non-hydrogen) atoms. The Hall–Kier alpha value is -4.69. The van der Waals surface area contributed by atoms with Gasteiger partial charge in [0.25, 0.3) is 5.91 Å². The Balaban J connectivity index is 0.00000304. The lowest BCUT2D eigenvalue weighted by molar-refractivity contribution is 0.102. The highest BCUT2D eigenvalue weighted by Crippen LogP contribution is 2.26. The minimum atomic E-state index is -0.215. The fourth-order valence-electron chi connectivity index (χ4n) is 3.74. The summed E-state index contributed by atoms with van der Waals surface area (Å²) in [6, 6.07) is 26.4. The molecule has 0 unspecified atom stereocenters. The van der Waals surface area contributed by atoms with Crippen LogP contribution in [0.3, 0.4) is 0 Å². The van der Waals surface area contributed by atoms with Crippen molar-refractivity contribution in [3.8, 4) is 0 Å². The summed E-state index contributed by atoms with van der Waals surface area (Å²) in [7, 11) is 0. The van der Waals surface area contributed by atoms with Gasteiger partial charge in [-0.2, -0.15) is 4.98 Å². The number of pyridine rings is 1. The second-order valence-corrected chi connectivity index (χ2v) is 7.99. The van der Waals surface area contributed by atoms with Gasteiger partial charge in [0.15, 0.2) is 0 Å². The Morgan fingerprint density at radius 1 is 0.806 bits per heavy atom. The Morgan fingerprint density at radius 2 is 1.58 bits per heavy atom. The summed E-state index contributed by atoms with van der Waals surface area (Å²) in [5.41, 5.74) is 11.2. The number of aryl methyl sites for hydroxylation is 1. The van der Waals surface area contributed by atoms with E-state index in [9.17, 15) is 4.79 Å². The zero-order valence-electron chi connectivity index (χ0n) is 19.4. The maximum Gasteiger partial charge on any atom is 0.255 e. The zero-order valence-corrected chi connectivity index (χ0v) is 20.2. The van der Waals surface area contributed by atoms with Crippen LogP contribution in [0, 0.1) is 6.92 Å². The van der Waals surface area contributed by atoms with Gasteiger partial charge in [-0.3, -0.25) is 9.78 Å². The molecule has 0 aliphatic heterocycles. The number of hydrogen-bond acceptors (Lipinski definition) is 7. The van der Waals surface area contributed by atoms with Crippen LogP contribution in [0.4, 0.5) is 34.5 Å². The van der Waals surface area contributed by atoms with E-state index in [1.165, 1.54) is 0 Å². The van der Waals surface area contributed by atoms with Gasteiger partial charge in [0, 0.05) is 51.7 Å². The van der Waals surface area contributed by atoms with Crippen LogP contribution >= 0.6 is 12.4 Å². The maximum absolute atomic E-state index is 12.8. The number of rotatable bonds is 6. The number of nitrogen functional groups attached to an aromatic ring is 1. The predicted molar refractivity (Wildman–Crippen MR) is 148 cm³/mol. The monoisotopic (exact) mass is 497 g/mol. The lowest BCUT2D eigenvalue weighted by atomic mass is 10.1.